The van der Waals surface area contributed by atoms with Crippen molar-refractivity contribution in [1.29, 1.82) is 0 Å². The number of aliphatic hydroxyl groups is 1. The minimum atomic E-state index is -0.780. The second-order valence-electron chi connectivity index (χ2n) is 4.99. The molecule has 2 heterocycles. The van der Waals surface area contributed by atoms with Crippen LogP contribution in [-0.2, 0) is 9.59 Å². The highest BCUT2D eigenvalue weighted by Gasteiger charge is 2.32. The number of carbonyl (C=O) groups is 2. The average Bonchev–Trinajstić information content (AvgIpc) is 2.63. The van der Waals surface area contributed by atoms with Crippen LogP contribution in [0.4, 0.5) is 0 Å². The van der Waals surface area contributed by atoms with Crippen molar-refractivity contribution >= 4 is 23.6 Å². The van der Waals surface area contributed by atoms with E-state index in [4.69, 9.17) is 0 Å². The zero-order valence-corrected chi connectivity index (χ0v) is 10.8. The molecule has 2 rings (SSSR count). The number of hydrogen-bond donors (Lipinski definition) is 1. The van der Waals surface area contributed by atoms with Gasteiger partial charge in [-0.25, -0.2) is 0 Å². The van der Waals surface area contributed by atoms with E-state index in [0.29, 0.717) is 24.7 Å². The fourth-order valence-electron chi connectivity index (χ4n) is 2.24. The van der Waals surface area contributed by atoms with E-state index in [9.17, 15) is 14.7 Å². The standard InChI is InChI=1S/C11H18N2O3S/c1-11(16)3-2-4-12(7-11)9(14)5-13-8-17-6-10(13)15/h16H,2-8H2,1H3. The van der Waals surface area contributed by atoms with Gasteiger partial charge in [-0.3, -0.25) is 9.59 Å². The number of amides is 2. The largest absolute Gasteiger partial charge is 0.388 e. The topological polar surface area (TPSA) is 60.9 Å². The minimum absolute atomic E-state index is 0.0344. The molecule has 2 aliphatic heterocycles. The van der Waals surface area contributed by atoms with E-state index >= 15 is 0 Å². The molecule has 6 heteroatoms. The molecule has 2 aliphatic rings. The molecule has 0 bridgehead atoms. The summed E-state index contributed by atoms with van der Waals surface area (Å²) in [6, 6.07) is 0. The van der Waals surface area contributed by atoms with Gasteiger partial charge in [-0.15, -0.1) is 11.8 Å². The Balaban J connectivity index is 1.89. The molecule has 1 unspecified atom stereocenters. The van der Waals surface area contributed by atoms with Gasteiger partial charge in [0, 0.05) is 13.1 Å². The Kier molecular flexibility index (Phi) is 3.63. The summed E-state index contributed by atoms with van der Waals surface area (Å²) in [6.45, 7) is 2.97. The van der Waals surface area contributed by atoms with Crippen LogP contribution >= 0.6 is 11.8 Å². The summed E-state index contributed by atoms with van der Waals surface area (Å²) in [5.74, 6) is 1.06. The first-order chi connectivity index (χ1) is 7.98. The minimum Gasteiger partial charge on any atom is -0.388 e. The van der Waals surface area contributed by atoms with Crippen molar-refractivity contribution in [2.45, 2.75) is 25.4 Å². The van der Waals surface area contributed by atoms with E-state index in [1.807, 2.05) is 0 Å². The molecule has 1 N–H and O–H groups in total. The first-order valence-electron chi connectivity index (χ1n) is 5.84. The molecular weight excluding hydrogens is 240 g/mol. The quantitative estimate of drug-likeness (QED) is 0.751. The van der Waals surface area contributed by atoms with Gasteiger partial charge in [0.1, 0.15) is 6.54 Å². The average molecular weight is 258 g/mol. The lowest BCUT2D eigenvalue weighted by Gasteiger charge is -2.37. The van der Waals surface area contributed by atoms with Gasteiger partial charge in [0.2, 0.25) is 11.8 Å². The van der Waals surface area contributed by atoms with Gasteiger partial charge in [-0.2, -0.15) is 0 Å². The van der Waals surface area contributed by atoms with Gasteiger partial charge >= 0.3 is 0 Å². The van der Waals surface area contributed by atoms with Gasteiger partial charge in [-0.05, 0) is 19.8 Å². The molecule has 17 heavy (non-hydrogen) atoms. The summed E-state index contributed by atoms with van der Waals surface area (Å²) in [5, 5.41) is 9.93. The van der Waals surface area contributed by atoms with Gasteiger partial charge < -0.3 is 14.9 Å². The van der Waals surface area contributed by atoms with Crippen molar-refractivity contribution in [3.8, 4) is 0 Å². The Morgan fingerprint density at radius 1 is 1.59 bits per heavy atom. The Morgan fingerprint density at radius 3 is 2.94 bits per heavy atom. The summed E-state index contributed by atoms with van der Waals surface area (Å²) >= 11 is 1.53. The summed E-state index contributed by atoms with van der Waals surface area (Å²) in [7, 11) is 0. The van der Waals surface area contributed by atoms with E-state index in [1.54, 1.807) is 16.7 Å². The first kappa shape index (κ1) is 12.7. The molecule has 2 fully saturated rings. The lowest BCUT2D eigenvalue weighted by atomic mass is 9.95. The van der Waals surface area contributed by atoms with Gasteiger partial charge in [0.15, 0.2) is 0 Å². The van der Waals surface area contributed by atoms with Crippen LogP contribution < -0.4 is 0 Å². The fourth-order valence-corrected chi connectivity index (χ4v) is 3.14. The zero-order valence-electron chi connectivity index (χ0n) is 10.0. The Hall–Kier alpha value is -0.750. The third-order valence-electron chi connectivity index (χ3n) is 3.18. The molecule has 1 atom stereocenters. The third-order valence-corrected chi connectivity index (χ3v) is 4.12. The predicted molar refractivity (Wildman–Crippen MR) is 65.5 cm³/mol. The summed E-state index contributed by atoms with van der Waals surface area (Å²) in [5.41, 5.74) is -0.780. The van der Waals surface area contributed by atoms with Gasteiger partial charge in [0.25, 0.3) is 0 Å². The first-order valence-corrected chi connectivity index (χ1v) is 6.99. The molecule has 2 amide bonds. The highest BCUT2D eigenvalue weighted by molar-refractivity contribution is 8.00. The van der Waals surface area contributed by atoms with Crippen molar-refractivity contribution < 1.29 is 14.7 Å². The van der Waals surface area contributed by atoms with E-state index in [-0.39, 0.29) is 18.4 Å². The van der Waals surface area contributed by atoms with Crippen LogP contribution in [-0.4, -0.2) is 63.6 Å². The Bertz CT molecular complexity index is 333. The van der Waals surface area contributed by atoms with Gasteiger partial charge in [0.05, 0.1) is 17.2 Å². The second-order valence-corrected chi connectivity index (χ2v) is 5.94. The molecule has 0 aromatic rings. The highest BCUT2D eigenvalue weighted by atomic mass is 32.2. The molecule has 5 nitrogen and oxygen atoms in total. The highest BCUT2D eigenvalue weighted by Crippen LogP contribution is 2.21. The number of carbonyl (C=O) groups excluding carboxylic acids is 2. The molecular formula is C11H18N2O3S. The molecule has 2 saturated heterocycles. The van der Waals surface area contributed by atoms with E-state index < -0.39 is 5.60 Å². The lowest BCUT2D eigenvalue weighted by molar-refractivity contribution is -0.142. The lowest BCUT2D eigenvalue weighted by Crippen LogP contribution is -2.51. The normalized spacial score (nSPS) is 29.9. The molecule has 0 saturated carbocycles. The number of nitrogens with zero attached hydrogens (tertiary/aromatic N) is 2. The van der Waals surface area contributed by atoms with Crippen LogP contribution in [0, 0.1) is 0 Å². The maximum atomic E-state index is 12.0. The van der Waals surface area contributed by atoms with Gasteiger partial charge in [-0.1, -0.05) is 0 Å². The Labute approximate surface area is 105 Å². The molecule has 96 valence electrons. The summed E-state index contributed by atoms with van der Waals surface area (Å²) in [4.78, 5) is 26.7. The van der Waals surface area contributed by atoms with Crippen molar-refractivity contribution in [1.82, 2.24) is 9.80 Å². The number of thioether (sulfide) groups is 1. The molecule has 0 aromatic heterocycles. The van der Waals surface area contributed by atoms with Crippen molar-refractivity contribution in [2.24, 2.45) is 0 Å². The Morgan fingerprint density at radius 2 is 2.35 bits per heavy atom. The van der Waals surface area contributed by atoms with Crippen molar-refractivity contribution in [3.63, 3.8) is 0 Å². The summed E-state index contributed by atoms with van der Waals surface area (Å²) < 4.78 is 0. The predicted octanol–water partition coefficient (Wildman–Crippen LogP) is -0.107. The number of β-amino-alcohol motifs (C(OH)–C–C–N with tert-alkyl or cyclic N) is 1. The molecule has 0 spiro atoms. The van der Waals surface area contributed by atoms with E-state index in [0.717, 1.165) is 12.8 Å². The van der Waals surface area contributed by atoms with Crippen molar-refractivity contribution in [2.75, 3.05) is 31.3 Å². The smallest absolute Gasteiger partial charge is 0.242 e. The maximum Gasteiger partial charge on any atom is 0.242 e. The zero-order chi connectivity index (χ0) is 12.5. The summed E-state index contributed by atoms with van der Waals surface area (Å²) in [6.07, 6.45) is 1.55. The molecule has 0 radical (unpaired) electrons. The SMILES string of the molecule is CC1(O)CCCN(C(=O)CN2CSCC2=O)C1. The third kappa shape index (κ3) is 3.13. The molecule has 0 aliphatic carbocycles. The van der Waals surface area contributed by atoms with Crippen LogP contribution in [0.25, 0.3) is 0 Å². The van der Waals surface area contributed by atoms with Crippen molar-refractivity contribution in [3.05, 3.63) is 0 Å². The number of piperidine rings is 1. The van der Waals surface area contributed by atoms with Crippen LogP contribution in [0.15, 0.2) is 0 Å². The number of rotatable bonds is 2. The number of likely N-dealkylation sites (tertiary alicyclic amines) is 1. The number of hydrogen-bond acceptors (Lipinski definition) is 4. The molecule has 0 aromatic carbocycles. The van der Waals surface area contributed by atoms with Crippen LogP contribution in [0.2, 0.25) is 0 Å². The second kappa shape index (κ2) is 4.86. The fraction of sp³-hybridized carbons (Fsp3) is 0.818. The van der Waals surface area contributed by atoms with Crippen LogP contribution in [0.1, 0.15) is 19.8 Å². The van der Waals surface area contributed by atoms with Crippen LogP contribution in [0.5, 0.6) is 0 Å². The monoisotopic (exact) mass is 258 g/mol. The van der Waals surface area contributed by atoms with E-state index in [1.165, 1.54) is 11.8 Å². The van der Waals surface area contributed by atoms with Crippen LogP contribution in [0.3, 0.4) is 0 Å². The van der Waals surface area contributed by atoms with E-state index in [2.05, 4.69) is 0 Å². The maximum absolute atomic E-state index is 12.0.